The van der Waals surface area contributed by atoms with Crippen molar-refractivity contribution in [3.8, 4) is 0 Å². The second-order valence-corrected chi connectivity index (χ2v) is 4.18. The van der Waals surface area contributed by atoms with E-state index in [2.05, 4.69) is 5.32 Å². The summed E-state index contributed by atoms with van der Waals surface area (Å²) >= 11 is 0. The van der Waals surface area contributed by atoms with Crippen LogP contribution in [0.1, 0.15) is 16.8 Å². The van der Waals surface area contributed by atoms with E-state index in [-0.39, 0.29) is 11.3 Å². The summed E-state index contributed by atoms with van der Waals surface area (Å²) in [7, 11) is 1.59. The molecule has 0 atom stereocenters. The number of aromatic carboxylic acids is 1. The molecule has 116 valence electrons. The van der Waals surface area contributed by atoms with E-state index in [1.807, 2.05) is 0 Å². The molecule has 21 heavy (non-hydrogen) atoms. The van der Waals surface area contributed by atoms with Crippen LogP contribution in [0.4, 0.5) is 11.4 Å². The molecule has 0 aliphatic carbocycles. The van der Waals surface area contributed by atoms with Gasteiger partial charge >= 0.3 is 5.97 Å². The van der Waals surface area contributed by atoms with Crippen LogP contribution in [-0.4, -0.2) is 49.5 Å². The van der Waals surface area contributed by atoms with Gasteiger partial charge in [-0.3, -0.25) is 10.1 Å². The molecule has 8 nitrogen and oxygen atoms in total. The Kier molecular flexibility index (Phi) is 7.13. The van der Waals surface area contributed by atoms with Crippen molar-refractivity contribution in [3.05, 3.63) is 33.9 Å². The van der Waals surface area contributed by atoms with Gasteiger partial charge in [-0.05, 0) is 18.6 Å². The van der Waals surface area contributed by atoms with Crippen molar-refractivity contribution in [1.29, 1.82) is 0 Å². The third-order valence-electron chi connectivity index (χ3n) is 2.65. The van der Waals surface area contributed by atoms with Gasteiger partial charge in [0.2, 0.25) is 0 Å². The first-order valence-electron chi connectivity index (χ1n) is 6.38. The topological polar surface area (TPSA) is 111 Å². The molecule has 1 rings (SSSR count). The smallest absolute Gasteiger partial charge is 0.335 e. The lowest BCUT2D eigenvalue weighted by Crippen LogP contribution is -2.10. The third kappa shape index (κ3) is 5.76. The van der Waals surface area contributed by atoms with E-state index in [1.165, 1.54) is 12.1 Å². The molecule has 0 aromatic heterocycles. The molecule has 0 spiro atoms. The van der Waals surface area contributed by atoms with Crippen molar-refractivity contribution >= 4 is 17.3 Å². The molecule has 0 fully saturated rings. The van der Waals surface area contributed by atoms with E-state index >= 15 is 0 Å². The first kappa shape index (κ1) is 16.9. The van der Waals surface area contributed by atoms with Gasteiger partial charge in [0.05, 0.1) is 23.7 Å². The average Bonchev–Trinajstić information content (AvgIpc) is 2.46. The Bertz CT molecular complexity index is 492. The van der Waals surface area contributed by atoms with Gasteiger partial charge < -0.3 is 19.9 Å². The quantitative estimate of drug-likeness (QED) is 0.384. The number of ether oxygens (including phenoxy) is 2. The molecule has 0 unspecified atom stereocenters. The zero-order chi connectivity index (χ0) is 15.7. The number of benzene rings is 1. The molecular weight excluding hydrogens is 280 g/mol. The van der Waals surface area contributed by atoms with E-state index in [0.717, 1.165) is 6.07 Å². The molecule has 2 N–H and O–H groups in total. The Hall–Kier alpha value is -2.19. The molecule has 0 radical (unpaired) electrons. The second-order valence-electron chi connectivity index (χ2n) is 4.18. The van der Waals surface area contributed by atoms with E-state index in [9.17, 15) is 14.9 Å². The van der Waals surface area contributed by atoms with E-state index in [1.54, 1.807) is 7.11 Å². The molecule has 0 bridgehead atoms. The maximum absolute atomic E-state index is 10.9. The number of nitrogens with zero attached hydrogens (tertiary/aromatic N) is 1. The largest absolute Gasteiger partial charge is 0.478 e. The molecule has 0 saturated heterocycles. The van der Waals surface area contributed by atoms with Crippen molar-refractivity contribution in [2.24, 2.45) is 0 Å². The van der Waals surface area contributed by atoms with Crippen LogP contribution in [-0.2, 0) is 9.47 Å². The Morgan fingerprint density at radius 1 is 1.38 bits per heavy atom. The van der Waals surface area contributed by atoms with Crippen molar-refractivity contribution in [3.63, 3.8) is 0 Å². The van der Waals surface area contributed by atoms with Gasteiger partial charge in [-0.2, -0.15) is 0 Å². The standard InChI is InChI=1S/C13H18N2O6/c1-20-7-8-21-6-2-5-14-11-4-3-10(13(16)17)9-12(11)15(18)19/h3-4,9,14H,2,5-8H2,1H3,(H,16,17). The highest BCUT2D eigenvalue weighted by Crippen LogP contribution is 2.25. The monoisotopic (exact) mass is 298 g/mol. The van der Waals surface area contributed by atoms with Crippen LogP contribution in [0, 0.1) is 10.1 Å². The van der Waals surface area contributed by atoms with Crippen molar-refractivity contribution in [2.45, 2.75) is 6.42 Å². The van der Waals surface area contributed by atoms with Gasteiger partial charge in [-0.15, -0.1) is 0 Å². The number of hydrogen-bond acceptors (Lipinski definition) is 6. The lowest BCUT2D eigenvalue weighted by atomic mass is 10.1. The fraction of sp³-hybridized carbons (Fsp3) is 0.462. The minimum Gasteiger partial charge on any atom is -0.478 e. The number of carboxylic acids is 1. The number of nitrogens with one attached hydrogen (secondary N) is 1. The van der Waals surface area contributed by atoms with Crippen LogP contribution in [0.2, 0.25) is 0 Å². The first-order valence-corrected chi connectivity index (χ1v) is 6.38. The van der Waals surface area contributed by atoms with E-state index < -0.39 is 10.9 Å². The molecular formula is C13H18N2O6. The molecule has 0 heterocycles. The van der Waals surface area contributed by atoms with Crippen LogP contribution in [0.25, 0.3) is 0 Å². The fourth-order valence-electron chi connectivity index (χ4n) is 1.61. The highest BCUT2D eigenvalue weighted by Gasteiger charge is 2.16. The van der Waals surface area contributed by atoms with Crippen LogP contribution in [0.5, 0.6) is 0 Å². The first-order chi connectivity index (χ1) is 10.1. The molecule has 8 heteroatoms. The molecule has 1 aromatic rings. The van der Waals surface area contributed by atoms with Gasteiger partial charge in [-0.25, -0.2) is 4.79 Å². The summed E-state index contributed by atoms with van der Waals surface area (Å²) in [5.74, 6) is -1.20. The minimum atomic E-state index is -1.20. The zero-order valence-electron chi connectivity index (χ0n) is 11.7. The Morgan fingerprint density at radius 2 is 2.14 bits per heavy atom. The van der Waals surface area contributed by atoms with E-state index in [0.29, 0.717) is 38.5 Å². The average molecular weight is 298 g/mol. The number of carbonyl (C=O) groups is 1. The fourth-order valence-corrected chi connectivity index (χ4v) is 1.61. The van der Waals surface area contributed by atoms with E-state index in [4.69, 9.17) is 14.6 Å². The Morgan fingerprint density at radius 3 is 2.76 bits per heavy atom. The Balaban J connectivity index is 2.51. The van der Waals surface area contributed by atoms with Gasteiger partial charge in [0, 0.05) is 26.3 Å². The summed E-state index contributed by atoms with van der Waals surface area (Å²) in [5, 5.41) is 22.7. The van der Waals surface area contributed by atoms with Crippen LogP contribution in [0.15, 0.2) is 18.2 Å². The predicted molar refractivity (Wildman–Crippen MR) is 75.9 cm³/mol. The summed E-state index contributed by atoms with van der Waals surface area (Å²) in [6.45, 7) is 2.02. The van der Waals surface area contributed by atoms with Crippen LogP contribution < -0.4 is 5.32 Å². The number of carboxylic acid groups (broad SMARTS) is 1. The summed E-state index contributed by atoms with van der Waals surface area (Å²) in [5.41, 5.74) is -0.0766. The number of hydrogen-bond donors (Lipinski definition) is 2. The predicted octanol–water partition coefficient (Wildman–Crippen LogP) is 1.76. The number of methoxy groups -OCH3 is 1. The van der Waals surface area contributed by atoms with Crippen molar-refractivity contribution < 1.29 is 24.3 Å². The van der Waals surface area contributed by atoms with Crippen LogP contribution >= 0.6 is 0 Å². The lowest BCUT2D eigenvalue weighted by Gasteiger charge is -2.08. The molecule has 0 saturated carbocycles. The number of rotatable bonds is 10. The Labute approximate surface area is 121 Å². The zero-order valence-corrected chi connectivity index (χ0v) is 11.7. The molecule has 0 amide bonds. The minimum absolute atomic E-state index is 0.116. The highest BCUT2D eigenvalue weighted by molar-refractivity contribution is 5.89. The molecule has 1 aromatic carbocycles. The molecule has 0 aliphatic rings. The number of anilines is 1. The van der Waals surface area contributed by atoms with Crippen LogP contribution in [0.3, 0.4) is 0 Å². The summed E-state index contributed by atoms with van der Waals surface area (Å²) < 4.78 is 10.1. The second kappa shape index (κ2) is 8.88. The normalized spacial score (nSPS) is 10.3. The number of nitro benzene ring substituents is 1. The van der Waals surface area contributed by atoms with Gasteiger partial charge in [-0.1, -0.05) is 0 Å². The summed E-state index contributed by atoms with van der Waals surface area (Å²) in [6, 6.07) is 3.76. The van der Waals surface area contributed by atoms with Gasteiger partial charge in [0.15, 0.2) is 0 Å². The van der Waals surface area contributed by atoms with Gasteiger partial charge in [0.25, 0.3) is 5.69 Å². The maximum atomic E-state index is 10.9. The van der Waals surface area contributed by atoms with Gasteiger partial charge in [0.1, 0.15) is 5.69 Å². The SMILES string of the molecule is COCCOCCCNc1ccc(C(=O)O)cc1[N+](=O)[O-]. The molecule has 0 aliphatic heterocycles. The maximum Gasteiger partial charge on any atom is 0.335 e. The lowest BCUT2D eigenvalue weighted by molar-refractivity contribution is -0.384. The third-order valence-corrected chi connectivity index (χ3v) is 2.65. The summed E-state index contributed by atoms with van der Waals surface area (Å²) in [6.07, 6.45) is 0.668. The van der Waals surface area contributed by atoms with Crippen molar-refractivity contribution in [2.75, 3.05) is 38.8 Å². The van der Waals surface area contributed by atoms with Crippen molar-refractivity contribution in [1.82, 2.24) is 0 Å². The number of nitro groups is 1. The highest BCUT2D eigenvalue weighted by atomic mass is 16.6. The summed E-state index contributed by atoms with van der Waals surface area (Å²) in [4.78, 5) is 21.1.